The second-order valence-corrected chi connectivity index (χ2v) is 13.1. The number of nitrogens with zero attached hydrogens (tertiary/aromatic N) is 5. The van der Waals surface area contributed by atoms with Crippen LogP contribution in [0.25, 0.3) is 32.9 Å². The second kappa shape index (κ2) is 11.3. The van der Waals surface area contributed by atoms with Gasteiger partial charge in [0.1, 0.15) is 35.2 Å². The molecule has 45 heavy (non-hydrogen) atoms. The number of ether oxygens (including phenoxy) is 2. The summed E-state index contributed by atoms with van der Waals surface area (Å²) in [6.07, 6.45) is 7.00. The third-order valence-electron chi connectivity index (χ3n) is 10.4. The molecule has 9 nitrogen and oxygen atoms in total. The van der Waals surface area contributed by atoms with Crippen molar-refractivity contribution in [2.45, 2.75) is 56.6 Å². The minimum atomic E-state index is -0.731. The van der Waals surface area contributed by atoms with E-state index < -0.39 is 17.7 Å². The van der Waals surface area contributed by atoms with Crippen molar-refractivity contribution in [1.82, 2.24) is 19.9 Å². The summed E-state index contributed by atoms with van der Waals surface area (Å²) < 4.78 is 44.5. The SMILES string of the molecule is Oc1cc2c3c(c(F)ccc3c1)CCOCC(O)C1CCCN(C1)c1nc(OCC34CCCN3CCC4)nc3c(F)c-2ncc13. The number of aliphatic hydroxyl groups excluding tert-OH is 1. The van der Waals surface area contributed by atoms with Crippen molar-refractivity contribution in [3.63, 3.8) is 0 Å². The molecule has 2 aromatic heterocycles. The lowest BCUT2D eigenvalue weighted by molar-refractivity contribution is 0.00207. The minimum absolute atomic E-state index is 0.0397. The van der Waals surface area contributed by atoms with E-state index in [0.29, 0.717) is 47.2 Å². The van der Waals surface area contributed by atoms with Gasteiger partial charge in [-0.25, -0.2) is 8.78 Å². The molecule has 0 amide bonds. The van der Waals surface area contributed by atoms with Gasteiger partial charge in [0.15, 0.2) is 5.82 Å². The Hall–Kier alpha value is -3.67. The van der Waals surface area contributed by atoms with Gasteiger partial charge in [-0.05, 0) is 92.6 Å². The van der Waals surface area contributed by atoms with E-state index in [4.69, 9.17) is 14.5 Å². The van der Waals surface area contributed by atoms with Gasteiger partial charge >= 0.3 is 6.01 Å². The molecule has 4 aromatic rings. The number of fused-ring (bicyclic) bond motifs is 6. The summed E-state index contributed by atoms with van der Waals surface area (Å²) in [4.78, 5) is 18.6. The molecule has 2 atom stereocenters. The summed E-state index contributed by atoms with van der Waals surface area (Å²) in [7, 11) is 0. The number of phenolic OH excluding ortho intramolecular Hbond substituents is 1. The van der Waals surface area contributed by atoms with Gasteiger partial charge in [-0.15, -0.1) is 0 Å². The number of phenols is 1. The molecular formula is C34H37F2N5O4. The number of halogens is 2. The fourth-order valence-corrected chi connectivity index (χ4v) is 8.14. The lowest BCUT2D eigenvalue weighted by Crippen LogP contribution is -2.44. The van der Waals surface area contributed by atoms with Crippen LogP contribution in [0.15, 0.2) is 30.5 Å². The summed E-state index contributed by atoms with van der Waals surface area (Å²) in [5.41, 5.74) is 0.564. The van der Waals surface area contributed by atoms with Crippen LogP contribution in [0.1, 0.15) is 44.1 Å². The molecule has 0 radical (unpaired) electrons. The topological polar surface area (TPSA) is 104 Å². The van der Waals surface area contributed by atoms with E-state index in [-0.39, 0.29) is 59.6 Å². The van der Waals surface area contributed by atoms with E-state index in [1.165, 1.54) is 18.2 Å². The monoisotopic (exact) mass is 617 g/mol. The zero-order valence-corrected chi connectivity index (χ0v) is 25.1. The van der Waals surface area contributed by atoms with Crippen molar-refractivity contribution in [2.24, 2.45) is 5.92 Å². The zero-order valence-electron chi connectivity index (χ0n) is 25.1. The first-order valence-corrected chi connectivity index (χ1v) is 16.1. The molecule has 2 unspecified atom stereocenters. The van der Waals surface area contributed by atoms with Gasteiger partial charge in [0.05, 0.1) is 30.2 Å². The van der Waals surface area contributed by atoms with Crippen LogP contribution >= 0.6 is 0 Å². The molecule has 5 aliphatic rings. The number of piperidine rings is 1. The third kappa shape index (κ3) is 4.96. The van der Waals surface area contributed by atoms with Gasteiger partial charge in [-0.1, -0.05) is 6.07 Å². The second-order valence-electron chi connectivity index (χ2n) is 13.1. The zero-order chi connectivity index (χ0) is 30.7. The number of aromatic hydroxyl groups is 1. The third-order valence-corrected chi connectivity index (χ3v) is 10.4. The highest BCUT2D eigenvalue weighted by Crippen LogP contribution is 2.41. The lowest BCUT2D eigenvalue weighted by atomic mass is 9.92. The lowest BCUT2D eigenvalue weighted by Gasteiger charge is -2.36. The molecule has 11 heteroatoms. The molecule has 5 aliphatic heterocycles. The molecule has 0 aliphatic carbocycles. The number of aliphatic hydroxyl groups is 1. The molecule has 3 fully saturated rings. The van der Waals surface area contributed by atoms with E-state index >= 15 is 8.78 Å². The van der Waals surface area contributed by atoms with Crippen LogP contribution in [0.5, 0.6) is 11.8 Å². The standard InChI is InChI=1S/C34H37F2N5O4/c35-26-6-5-20-14-22(42)15-24-28(20)23(26)7-13-44-18-27(43)21-4-1-10-40(17-21)32-25-16-37-30(24)29(36)31(25)38-33(39-32)45-19-34-8-2-11-41(34)12-3-9-34/h5-6,14-16,21,27,42-43H,1-4,7-13,17-19H2. The Labute approximate surface area is 259 Å². The van der Waals surface area contributed by atoms with Crippen molar-refractivity contribution in [2.75, 3.05) is 50.9 Å². The fraction of sp³-hybridized carbons (Fsp3) is 0.500. The van der Waals surface area contributed by atoms with E-state index in [1.54, 1.807) is 12.3 Å². The minimum Gasteiger partial charge on any atom is -0.508 e. The van der Waals surface area contributed by atoms with E-state index in [1.807, 2.05) is 0 Å². The Morgan fingerprint density at radius 2 is 1.91 bits per heavy atom. The predicted molar refractivity (Wildman–Crippen MR) is 166 cm³/mol. The maximum absolute atomic E-state index is 16.9. The first-order chi connectivity index (χ1) is 21.9. The van der Waals surface area contributed by atoms with Gasteiger partial charge in [-0.2, -0.15) is 9.97 Å². The van der Waals surface area contributed by atoms with Crippen LogP contribution < -0.4 is 9.64 Å². The van der Waals surface area contributed by atoms with Crippen LogP contribution in [0.2, 0.25) is 0 Å². The summed E-state index contributed by atoms with van der Waals surface area (Å²) in [5, 5.41) is 23.2. The van der Waals surface area contributed by atoms with Gasteiger partial charge in [0.2, 0.25) is 0 Å². The van der Waals surface area contributed by atoms with Gasteiger partial charge in [-0.3, -0.25) is 9.88 Å². The molecule has 9 rings (SSSR count). The van der Waals surface area contributed by atoms with Gasteiger partial charge in [0.25, 0.3) is 0 Å². The van der Waals surface area contributed by atoms with Crippen LogP contribution in [0, 0.1) is 17.6 Å². The predicted octanol–water partition coefficient (Wildman–Crippen LogP) is 4.99. The summed E-state index contributed by atoms with van der Waals surface area (Å²) in [6.45, 7) is 4.00. The number of benzene rings is 2. The van der Waals surface area contributed by atoms with Gasteiger partial charge < -0.3 is 24.6 Å². The quantitative estimate of drug-likeness (QED) is 0.329. The number of pyridine rings is 1. The average molecular weight is 618 g/mol. The molecule has 0 saturated carbocycles. The Morgan fingerprint density at radius 1 is 1.07 bits per heavy atom. The smallest absolute Gasteiger partial charge is 0.319 e. The van der Waals surface area contributed by atoms with E-state index in [0.717, 1.165) is 51.6 Å². The first-order valence-electron chi connectivity index (χ1n) is 16.1. The number of hydrogen-bond donors (Lipinski definition) is 2. The van der Waals surface area contributed by atoms with E-state index in [2.05, 4.69) is 19.8 Å². The van der Waals surface area contributed by atoms with Crippen molar-refractivity contribution in [3.05, 3.63) is 47.7 Å². The van der Waals surface area contributed by atoms with E-state index in [9.17, 15) is 10.2 Å². The Balaban J connectivity index is 1.32. The van der Waals surface area contributed by atoms with Crippen molar-refractivity contribution in [1.29, 1.82) is 0 Å². The fourth-order valence-electron chi connectivity index (χ4n) is 8.14. The molecule has 3 saturated heterocycles. The number of anilines is 1. The summed E-state index contributed by atoms with van der Waals surface area (Å²) >= 11 is 0. The highest BCUT2D eigenvalue weighted by atomic mass is 19.1. The Bertz CT molecular complexity index is 1780. The summed E-state index contributed by atoms with van der Waals surface area (Å²) in [6, 6.07) is 5.95. The molecule has 236 valence electrons. The maximum Gasteiger partial charge on any atom is 0.319 e. The van der Waals surface area contributed by atoms with Crippen LogP contribution in [-0.4, -0.2) is 87.7 Å². The van der Waals surface area contributed by atoms with Crippen LogP contribution in [0.3, 0.4) is 0 Å². The highest BCUT2D eigenvalue weighted by Gasteiger charge is 2.45. The average Bonchev–Trinajstić information content (AvgIpc) is 3.63. The van der Waals surface area contributed by atoms with Crippen molar-refractivity contribution >= 4 is 27.5 Å². The van der Waals surface area contributed by atoms with Crippen molar-refractivity contribution in [3.8, 4) is 23.0 Å². The number of hydrogen-bond acceptors (Lipinski definition) is 9. The molecule has 2 aromatic carbocycles. The van der Waals surface area contributed by atoms with Gasteiger partial charge in [0, 0.05) is 30.8 Å². The summed E-state index contributed by atoms with van der Waals surface area (Å²) in [5.74, 6) is -0.823. The van der Waals surface area contributed by atoms with Crippen molar-refractivity contribution < 1.29 is 28.5 Å². The molecule has 2 N–H and O–H groups in total. The Kier molecular flexibility index (Phi) is 7.22. The highest BCUT2D eigenvalue weighted by molar-refractivity contribution is 6.01. The maximum atomic E-state index is 16.9. The normalized spacial score (nSPS) is 23.3. The van der Waals surface area contributed by atoms with Crippen LogP contribution in [-0.2, 0) is 11.2 Å². The molecule has 6 bridgehead atoms. The molecule has 7 heterocycles. The number of aromatic nitrogens is 3. The Morgan fingerprint density at radius 3 is 2.76 bits per heavy atom. The molecule has 0 spiro atoms. The van der Waals surface area contributed by atoms with Crippen LogP contribution in [0.4, 0.5) is 14.6 Å². The first kappa shape index (κ1) is 28.8. The molecular weight excluding hydrogens is 580 g/mol. The number of rotatable bonds is 3. The largest absolute Gasteiger partial charge is 0.508 e.